The fourth-order valence-corrected chi connectivity index (χ4v) is 2.91. The highest BCUT2D eigenvalue weighted by Crippen LogP contribution is 2.22. The Morgan fingerprint density at radius 3 is 2.71 bits per heavy atom. The van der Waals surface area contributed by atoms with Crippen LogP contribution >= 0.6 is 11.6 Å². The van der Waals surface area contributed by atoms with Crippen LogP contribution in [0.4, 0.5) is 10.1 Å². The Morgan fingerprint density at radius 2 is 1.96 bits per heavy atom. The zero-order chi connectivity index (χ0) is 20.1. The van der Waals surface area contributed by atoms with Crippen LogP contribution in [0.25, 0.3) is 0 Å². The molecule has 0 bridgehead atoms. The van der Waals surface area contributed by atoms with Gasteiger partial charge in [0.25, 0.3) is 0 Å². The van der Waals surface area contributed by atoms with Gasteiger partial charge >= 0.3 is 5.97 Å². The number of hydrogen-bond acceptors (Lipinski definition) is 3. The number of rotatable bonds is 7. The van der Waals surface area contributed by atoms with E-state index in [1.165, 1.54) is 12.1 Å². The van der Waals surface area contributed by atoms with E-state index in [4.69, 9.17) is 21.4 Å². The average Bonchev–Trinajstić information content (AvgIpc) is 2.67. The van der Waals surface area contributed by atoms with Crippen LogP contribution in [0.3, 0.4) is 0 Å². The minimum absolute atomic E-state index is 0.232. The first-order valence-electron chi connectivity index (χ1n) is 8.66. The number of nitrogens with one attached hydrogen (secondary N) is 1. The predicted molar refractivity (Wildman–Crippen MR) is 108 cm³/mol. The number of hydrogen-bond donors (Lipinski definition) is 2. The summed E-state index contributed by atoms with van der Waals surface area (Å²) in [5, 5.41) is 12.7. The summed E-state index contributed by atoms with van der Waals surface area (Å²) in [5.41, 5.74) is 3.64. The quantitative estimate of drug-likeness (QED) is 0.536. The molecule has 0 aromatic heterocycles. The third-order valence-electron chi connectivity index (χ3n) is 4.28. The molecule has 0 fully saturated rings. The molecule has 0 spiro atoms. The monoisotopic (exact) mass is 399 g/mol. The van der Waals surface area contributed by atoms with Crippen LogP contribution in [0.2, 0.25) is 5.02 Å². The Hall–Kier alpha value is -3.05. The highest BCUT2D eigenvalue weighted by atomic mass is 35.5. The van der Waals surface area contributed by atoms with E-state index in [1.807, 2.05) is 31.2 Å². The van der Waals surface area contributed by atoms with Crippen LogP contribution in [0.15, 0.2) is 60.7 Å². The highest BCUT2D eigenvalue weighted by molar-refractivity contribution is 6.31. The number of carboxylic acid groups (broad SMARTS) is 1. The van der Waals surface area contributed by atoms with Crippen LogP contribution in [0, 0.1) is 12.7 Å². The van der Waals surface area contributed by atoms with Gasteiger partial charge in [-0.15, -0.1) is 0 Å². The molecule has 6 heteroatoms. The van der Waals surface area contributed by atoms with Gasteiger partial charge in [0.15, 0.2) is 0 Å². The maximum Gasteiger partial charge on any atom is 0.335 e. The lowest BCUT2D eigenvalue weighted by molar-refractivity contribution is 0.0697. The Labute approximate surface area is 167 Å². The molecule has 3 rings (SSSR count). The lowest BCUT2D eigenvalue weighted by Gasteiger charge is -2.12. The molecular weight excluding hydrogens is 381 g/mol. The van der Waals surface area contributed by atoms with Gasteiger partial charge in [-0.3, -0.25) is 0 Å². The van der Waals surface area contributed by atoms with E-state index >= 15 is 0 Å². The van der Waals surface area contributed by atoms with Crippen LogP contribution in [0.5, 0.6) is 5.75 Å². The van der Waals surface area contributed by atoms with E-state index in [1.54, 1.807) is 24.3 Å². The number of carbonyl (C=O) groups is 1. The number of ether oxygens (including phenoxy) is 1. The van der Waals surface area contributed by atoms with Crippen molar-refractivity contribution in [3.8, 4) is 5.75 Å². The zero-order valence-electron chi connectivity index (χ0n) is 15.2. The SMILES string of the molecule is Cc1ccc(C(=O)O)cc1NCc1cccc(OCc2ccc(F)cc2Cl)c1. The number of benzene rings is 3. The van der Waals surface area contributed by atoms with Gasteiger partial charge in [0.05, 0.1) is 10.6 Å². The van der Waals surface area contributed by atoms with Crippen molar-refractivity contribution in [3.63, 3.8) is 0 Å². The van der Waals surface area contributed by atoms with E-state index < -0.39 is 5.97 Å². The summed E-state index contributed by atoms with van der Waals surface area (Å²) < 4.78 is 18.9. The summed E-state index contributed by atoms with van der Waals surface area (Å²) in [7, 11) is 0. The van der Waals surface area contributed by atoms with Gasteiger partial charge in [0.2, 0.25) is 0 Å². The van der Waals surface area contributed by atoms with Gasteiger partial charge in [-0.05, 0) is 54.4 Å². The maximum atomic E-state index is 13.1. The number of anilines is 1. The van der Waals surface area contributed by atoms with Crippen LogP contribution < -0.4 is 10.1 Å². The number of carboxylic acids is 1. The molecular formula is C22H19ClFNO3. The smallest absolute Gasteiger partial charge is 0.335 e. The van der Waals surface area contributed by atoms with Gasteiger partial charge in [-0.2, -0.15) is 0 Å². The van der Waals surface area contributed by atoms with Crippen LogP contribution in [0.1, 0.15) is 27.0 Å². The van der Waals surface area contributed by atoms with Gasteiger partial charge in [0, 0.05) is 17.8 Å². The largest absolute Gasteiger partial charge is 0.489 e. The molecule has 0 aliphatic heterocycles. The molecule has 28 heavy (non-hydrogen) atoms. The van der Waals surface area contributed by atoms with E-state index in [9.17, 15) is 9.18 Å². The van der Waals surface area contributed by atoms with Gasteiger partial charge < -0.3 is 15.2 Å². The first kappa shape index (κ1) is 19.7. The lowest BCUT2D eigenvalue weighted by Crippen LogP contribution is -2.04. The molecule has 0 atom stereocenters. The van der Waals surface area contributed by atoms with Crippen molar-refractivity contribution in [2.75, 3.05) is 5.32 Å². The van der Waals surface area contributed by atoms with E-state index in [0.717, 1.165) is 16.8 Å². The average molecular weight is 400 g/mol. The van der Waals surface area contributed by atoms with E-state index in [2.05, 4.69) is 5.32 Å². The van der Waals surface area contributed by atoms with E-state index in [-0.39, 0.29) is 18.0 Å². The van der Waals surface area contributed by atoms with E-state index in [0.29, 0.717) is 22.9 Å². The second-order valence-electron chi connectivity index (χ2n) is 6.36. The van der Waals surface area contributed by atoms with Crippen molar-refractivity contribution in [1.82, 2.24) is 0 Å². The van der Waals surface area contributed by atoms with Gasteiger partial charge in [0.1, 0.15) is 18.2 Å². The minimum atomic E-state index is -0.960. The first-order valence-corrected chi connectivity index (χ1v) is 9.03. The molecule has 0 unspecified atom stereocenters. The van der Waals surface area contributed by atoms with Gasteiger partial charge in [-0.1, -0.05) is 35.9 Å². The van der Waals surface area contributed by atoms with Crippen molar-refractivity contribution in [1.29, 1.82) is 0 Å². The molecule has 144 valence electrons. The molecule has 0 heterocycles. The second kappa shape index (κ2) is 8.76. The Bertz CT molecular complexity index is 1010. The Morgan fingerprint density at radius 1 is 1.14 bits per heavy atom. The molecule has 0 saturated heterocycles. The molecule has 0 aliphatic carbocycles. The van der Waals surface area contributed by atoms with Crippen LogP contribution in [-0.2, 0) is 13.2 Å². The Balaban J connectivity index is 1.65. The normalized spacial score (nSPS) is 10.5. The predicted octanol–water partition coefficient (Wildman–Crippen LogP) is 5.68. The summed E-state index contributed by atoms with van der Waals surface area (Å²) >= 11 is 6.02. The van der Waals surface area contributed by atoms with Crippen molar-refractivity contribution in [2.45, 2.75) is 20.1 Å². The molecule has 0 radical (unpaired) electrons. The fraction of sp³-hybridized carbons (Fsp3) is 0.136. The summed E-state index contributed by atoms with van der Waals surface area (Å²) in [6.07, 6.45) is 0. The molecule has 3 aromatic rings. The fourth-order valence-electron chi connectivity index (χ4n) is 2.69. The number of aryl methyl sites for hydroxylation is 1. The Kier molecular flexibility index (Phi) is 6.16. The molecule has 0 saturated carbocycles. The third-order valence-corrected chi connectivity index (χ3v) is 4.63. The minimum Gasteiger partial charge on any atom is -0.489 e. The molecule has 4 nitrogen and oxygen atoms in total. The van der Waals surface area contributed by atoms with Crippen molar-refractivity contribution >= 4 is 23.3 Å². The summed E-state index contributed by atoms with van der Waals surface area (Å²) in [6.45, 7) is 2.66. The topological polar surface area (TPSA) is 58.6 Å². The van der Waals surface area contributed by atoms with Gasteiger partial charge in [-0.25, -0.2) is 9.18 Å². The summed E-state index contributed by atoms with van der Waals surface area (Å²) in [5.74, 6) is -0.683. The second-order valence-corrected chi connectivity index (χ2v) is 6.77. The van der Waals surface area contributed by atoms with Crippen molar-refractivity contribution in [2.24, 2.45) is 0 Å². The lowest BCUT2D eigenvalue weighted by atomic mass is 10.1. The number of aromatic carboxylic acids is 1. The maximum absolute atomic E-state index is 13.1. The van der Waals surface area contributed by atoms with Crippen molar-refractivity contribution in [3.05, 3.63) is 93.8 Å². The molecule has 0 aliphatic rings. The molecule has 0 amide bonds. The number of halogens is 2. The molecule has 2 N–H and O–H groups in total. The van der Waals surface area contributed by atoms with Crippen LogP contribution in [-0.4, -0.2) is 11.1 Å². The zero-order valence-corrected chi connectivity index (χ0v) is 16.0. The van der Waals surface area contributed by atoms with Crippen molar-refractivity contribution < 1.29 is 19.0 Å². The third kappa shape index (κ3) is 5.02. The molecule has 3 aromatic carbocycles. The summed E-state index contributed by atoms with van der Waals surface area (Å²) in [6, 6.07) is 16.7. The first-order chi connectivity index (χ1) is 13.4. The highest BCUT2D eigenvalue weighted by Gasteiger charge is 2.07. The summed E-state index contributed by atoms with van der Waals surface area (Å²) in [4.78, 5) is 11.1. The standard InChI is InChI=1S/C22H19ClFNO3/c1-14-5-6-16(22(26)27)10-21(14)25-12-15-3-2-4-19(9-15)28-13-17-7-8-18(24)11-20(17)23/h2-11,25H,12-13H2,1H3,(H,26,27).